The molecule has 0 bridgehead atoms. The number of nitrogens with zero attached hydrogens (tertiary/aromatic N) is 1. The van der Waals surface area contributed by atoms with Gasteiger partial charge in [-0.2, -0.15) is 0 Å². The van der Waals surface area contributed by atoms with E-state index in [2.05, 4.69) is 0 Å². The number of carboxylic acids is 1. The van der Waals surface area contributed by atoms with Crippen LogP contribution in [0.5, 0.6) is 5.75 Å². The van der Waals surface area contributed by atoms with Gasteiger partial charge in [0, 0.05) is 18.1 Å². The minimum Gasteiger partial charge on any atom is -0.497 e. The fourth-order valence-corrected chi connectivity index (χ4v) is 3.47. The predicted octanol–water partition coefficient (Wildman–Crippen LogP) is 4.56. The van der Waals surface area contributed by atoms with Gasteiger partial charge in [0.25, 0.3) is 0 Å². The number of methoxy groups -OCH3 is 1. The van der Waals surface area contributed by atoms with E-state index >= 15 is 0 Å². The van der Waals surface area contributed by atoms with Crippen LogP contribution in [0.2, 0.25) is 0 Å². The van der Waals surface area contributed by atoms with Crippen molar-refractivity contribution >= 4 is 16.9 Å². The molecule has 3 aromatic carbocycles. The van der Waals surface area contributed by atoms with Crippen molar-refractivity contribution in [2.24, 2.45) is 0 Å². The Morgan fingerprint density at radius 1 is 1.00 bits per heavy atom. The Balaban J connectivity index is 1.72. The summed E-state index contributed by atoms with van der Waals surface area (Å²) in [6.45, 7) is 0.223. The number of benzene rings is 3. The highest BCUT2D eigenvalue weighted by Crippen LogP contribution is 2.24. The molecule has 4 rings (SSSR count). The molecule has 0 radical (unpaired) electrons. The van der Waals surface area contributed by atoms with E-state index in [1.165, 1.54) is 29.0 Å². The highest BCUT2D eigenvalue weighted by atomic mass is 19.1. The number of hydrogen-bond donors (Lipinski definition) is 1. The second-order valence-corrected chi connectivity index (χ2v) is 6.87. The first-order chi connectivity index (χ1) is 14.5. The molecule has 150 valence electrons. The number of fused-ring (bicyclic) bond motifs is 1. The number of rotatable bonds is 5. The third-order valence-corrected chi connectivity index (χ3v) is 5.01. The van der Waals surface area contributed by atoms with Crippen LogP contribution in [0.25, 0.3) is 22.0 Å². The van der Waals surface area contributed by atoms with Crippen LogP contribution >= 0.6 is 0 Å². The highest BCUT2D eigenvalue weighted by Gasteiger charge is 2.17. The van der Waals surface area contributed by atoms with Gasteiger partial charge in [-0.25, -0.2) is 9.18 Å². The summed E-state index contributed by atoms with van der Waals surface area (Å²) in [5.41, 5.74) is 1.88. The fraction of sp³-hybridized carbons (Fsp3) is 0.0833. The second kappa shape index (κ2) is 7.83. The molecule has 0 aliphatic heterocycles. The molecule has 6 heteroatoms. The Morgan fingerprint density at radius 2 is 1.63 bits per heavy atom. The average Bonchev–Trinajstić information content (AvgIpc) is 2.76. The molecular weight excluding hydrogens is 385 g/mol. The maximum Gasteiger partial charge on any atom is 0.341 e. The van der Waals surface area contributed by atoms with Gasteiger partial charge in [-0.05, 0) is 41.0 Å². The highest BCUT2D eigenvalue weighted by molar-refractivity contribution is 5.92. The number of halogens is 1. The van der Waals surface area contributed by atoms with Crippen molar-refractivity contribution in [3.8, 4) is 16.9 Å². The summed E-state index contributed by atoms with van der Waals surface area (Å²) in [7, 11) is 1.61. The summed E-state index contributed by atoms with van der Waals surface area (Å²) in [6, 6.07) is 19.4. The molecule has 0 aliphatic carbocycles. The van der Waals surface area contributed by atoms with E-state index in [-0.39, 0.29) is 23.0 Å². The molecule has 1 heterocycles. The van der Waals surface area contributed by atoms with Gasteiger partial charge < -0.3 is 14.4 Å². The summed E-state index contributed by atoms with van der Waals surface area (Å²) in [6.07, 6.45) is 1.20. The molecule has 0 spiro atoms. The number of ether oxygens (including phenoxy) is 1. The smallest absolute Gasteiger partial charge is 0.341 e. The van der Waals surface area contributed by atoms with Crippen molar-refractivity contribution in [2.45, 2.75) is 6.54 Å². The van der Waals surface area contributed by atoms with Crippen LogP contribution in [0.3, 0.4) is 0 Å². The minimum absolute atomic E-state index is 0.0461. The lowest BCUT2D eigenvalue weighted by molar-refractivity contribution is 0.0695. The Labute approximate surface area is 171 Å². The van der Waals surface area contributed by atoms with Gasteiger partial charge in [-0.15, -0.1) is 0 Å². The maximum absolute atomic E-state index is 14.5. The number of carboxylic acid groups (broad SMARTS) is 1. The molecule has 4 aromatic rings. The Hall–Kier alpha value is -3.93. The monoisotopic (exact) mass is 403 g/mol. The van der Waals surface area contributed by atoms with Gasteiger partial charge in [0.1, 0.15) is 17.1 Å². The molecule has 5 nitrogen and oxygen atoms in total. The first kappa shape index (κ1) is 19.4. The third-order valence-electron chi connectivity index (χ3n) is 5.01. The number of aromatic carboxylic acids is 1. The van der Waals surface area contributed by atoms with E-state index < -0.39 is 17.2 Å². The fourth-order valence-electron chi connectivity index (χ4n) is 3.47. The zero-order valence-electron chi connectivity index (χ0n) is 16.1. The van der Waals surface area contributed by atoms with Crippen LogP contribution in [0.4, 0.5) is 4.39 Å². The van der Waals surface area contributed by atoms with Crippen molar-refractivity contribution in [3.63, 3.8) is 0 Å². The summed E-state index contributed by atoms with van der Waals surface area (Å²) in [4.78, 5) is 23.9. The van der Waals surface area contributed by atoms with Crippen LogP contribution in [0, 0.1) is 5.82 Å². The molecule has 0 atom stereocenters. The van der Waals surface area contributed by atoms with Gasteiger partial charge in [0.15, 0.2) is 0 Å². The molecule has 0 saturated carbocycles. The van der Waals surface area contributed by atoms with E-state index in [1.807, 2.05) is 48.5 Å². The molecule has 0 saturated heterocycles. The van der Waals surface area contributed by atoms with Crippen LogP contribution in [0.1, 0.15) is 15.9 Å². The van der Waals surface area contributed by atoms with Gasteiger partial charge in [-0.3, -0.25) is 4.79 Å². The zero-order valence-corrected chi connectivity index (χ0v) is 16.1. The van der Waals surface area contributed by atoms with Gasteiger partial charge in [0.2, 0.25) is 5.43 Å². The first-order valence-electron chi connectivity index (χ1n) is 9.26. The number of hydrogen-bond acceptors (Lipinski definition) is 3. The number of para-hydroxylation sites is 1. The number of aromatic nitrogens is 1. The van der Waals surface area contributed by atoms with E-state index in [1.54, 1.807) is 7.11 Å². The summed E-state index contributed by atoms with van der Waals surface area (Å²) < 4.78 is 21.1. The lowest BCUT2D eigenvalue weighted by Crippen LogP contribution is -2.19. The van der Waals surface area contributed by atoms with Crippen molar-refractivity contribution in [1.82, 2.24) is 4.57 Å². The van der Waals surface area contributed by atoms with E-state index in [9.17, 15) is 19.1 Å². The van der Waals surface area contributed by atoms with Gasteiger partial charge >= 0.3 is 5.97 Å². The third kappa shape index (κ3) is 3.55. The minimum atomic E-state index is -1.34. The molecular formula is C24H18FNO4. The second-order valence-electron chi connectivity index (χ2n) is 6.87. The van der Waals surface area contributed by atoms with Crippen LogP contribution in [-0.4, -0.2) is 22.8 Å². The van der Waals surface area contributed by atoms with Crippen LogP contribution in [0.15, 0.2) is 77.7 Å². The largest absolute Gasteiger partial charge is 0.497 e. The maximum atomic E-state index is 14.5. The van der Waals surface area contributed by atoms with Gasteiger partial charge in [-0.1, -0.05) is 42.5 Å². The van der Waals surface area contributed by atoms with E-state index in [0.29, 0.717) is 0 Å². The topological polar surface area (TPSA) is 68.5 Å². The lowest BCUT2D eigenvalue weighted by atomic mass is 10.0. The lowest BCUT2D eigenvalue weighted by Gasteiger charge is -2.13. The molecule has 0 aliphatic rings. The summed E-state index contributed by atoms with van der Waals surface area (Å²) >= 11 is 0. The number of pyridine rings is 1. The molecule has 1 N–H and O–H groups in total. The summed E-state index contributed by atoms with van der Waals surface area (Å²) in [5, 5.41) is 9.41. The van der Waals surface area contributed by atoms with Crippen molar-refractivity contribution < 1.29 is 19.0 Å². The molecule has 1 aromatic heterocycles. The Morgan fingerprint density at radius 3 is 2.23 bits per heavy atom. The summed E-state index contributed by atoms with van der Waals surface area (Å²) in [5.74, 6) is -1.14. The van der Waals surface area contributed by atoms with E-state index in [4.69, 9.17) is 4.74 Å². The van der Waals surface area contributed by atoms with E-state index in [0.717, 1.165) is 22.4 Å². The standard InChI is InChI=1S/C24H18FNO4/c1-30-18-11-9-17(10-12-18)16-7-5-15(6-8-16)13-26-14-20(24(28)29)23(27)19-3-2-4-21(25)22(19)26/h2-12,14H,13H2,1H3,(H,28,29). The average molecular weight is 403 g/mol. The van der Waals surface area contributed by atoms with Crippen LogP contribution in [-0.2, 0) is 6.54 Å². The molecule has 0 amide bonds. The van der Waals surface area contributed by atoms with Crippen molar-refractivity contribution in [3.05, 3.63) is 100 Å². The number of carbonyl (C=O) groups is 1. The van der Waals surface area contributed by atoms with Crippen LogP contribution < -0.4 is 10.2 Å². The quantitative estimate of drug-likeness (QED) is 0.530. The molecule has 0 fully saturated rings. The Kier molecular flexibility index (Phi) is 5.06. The van der Waals surface area contributed by atoms with Gasteiger partial charge in [0.05, 0.1) is 12.6 Å². The predicted molar refractivity (Wildman–Crippen MR) is 113 cm³/mol. The normalized spacial score (nSPS) is 10.9. The zero-order chi connectivity index (χ0) is 21.3. The molecule has 0 unspecified atom stereocenters. The van der Waals surface area contributed by atoms with Crippen molar-refractivity contribution in [1.29, 1.82) is 0 Å². The Bertz CT molecular complexity index is 1290. The first-order valence-corrected chi connectivity index (χ1v) is 9.26. The van der Waals surface area contributed by atoms with Crippen molar-refractivity contribution in [2.75, 3.05) is 7.11 Å². The molecule has 30 heavy (non-hydrogen) atoms. The SMILES string of the molecule is COc1ccc(-c2ccc(Cn3cc(C(=O)O)c(=O)c4cccc(F)c43)cc2)cc1.